The van der Waals surface area contributed by atoms with Crippen molar-refractivity contribution < 1.29 is 18.0 Å². The third-order valence-corrected chi connectivity index (χ3v) is 9.33. The van der Waals surface area contributed by atoms with E-state index in [0.717, 1.165) is 19.9 Å². The Balaban J connectivity index is 1.82. The SMILES string of the molecule is CC(C)(C)NC(=O)[C@H](Cc1ccccc1)N(Cc1cccc(Br)c1)C(=O)CN(c1ccccc1Cl)S(=O)(=O)c1ccccc1. The maximum atomic E-state index is 14.5. The van der Waals surface area contributed by atoms with Gasteiger partial charge in [-0.3, -0.25) is 13.9 Å². The molecule has 4 aromatic carbocycles. The Bertz CT molecular complexity index is 1700. The van der Waals surface area contributed by atoms with Crippen LogP contribution in [0.3, 0.4) is 0 Å². The molecule has 0 spiro atoms. The first-order chi connectivity index (χ1) is 20.8. The number of hydrogen-bond donors (Lipinski definition) is 1. The van der Waals surface area contributed by atoms with E-state index < -0.39 is 34.1 Å². The minimum atomic E-state index is -4.23. The van der Waals surface area contributed by atoms with E-state index in [-0.39, 0.29) is 34.5 Å². The molecular formula is C34H35BrClN3O4S. The number of halogens is 2. The molecule has 0 heterocycles. The first-order valence-corrected chi connectivity index (χ1v) is 16.7. The van der Waals surface area contributed by atoms with Crippen molar-refractivity contribution in [1.29, 1.82) is 0 Å². The van der Waals surface area contributed by atoms with Crippen LogP contribution in [0, 0.1) is 0 Å². The number of hydrogen-bond acceptors (Lipinski definition) is 4. The van der Waals surface area contributed by atoms with E-state index in [4.69, 9.17) is 11.6 Å². The Kier molecular flexibility index (Phi) is 10.9. The predicted molar refractivity (Wildman–Crippen MR) is 179 cm³/mol. The summed E-state index contributed by atoms with van der Waals surface area (Å²) < 4.78 is 29.9. The van der Waals surface area contributed by atoms with Gasteiger partial charge in [-0.1, -0.05) is 100 Å². The lowest BCUT2D eigenvalue weighted by atomic mass is 10.0. The van der Waals surface area contributed by atoms with Crippen LogP contribution in [-0.2, 0) is 32.6 Å². The highest BCUT2D eigenvalue weighted by molar-refractivity contribution is 9.10. The molecule has 0 fully saturated rings. The summed E-state index contributed by atoms with van der Waals surface area (Å²) in [6, 6.07) is 30.3. The fourth-order valence-electron chi connectivity index (χ4n) is 4.73. The molecule has 0 unspecified atom stereocenters. The number of para-hydroxylation sites is 1. The number of amides is 2. The quantitative estimate of drug-likeness (QED) is 0.186. The second-order valence-corrected chi connectivity index (χ2v) is 14.6. The van der Waals surface area contributed by atoms with Crippen molar-refractivity contribution in [1.82, 2.24) is 10.2 Å². The van der Waals surface area contributed by atoms with E-state index in [1.807, 2.05) is 75.4 Å². The van der Waals surface area contributed by atoms with E-state index in [1.165, 1.54) is 17.0 Å². The molecule has 0 aromatic heterocycles. The van der Waals surface area contributed by atoms with Gasteiger partial charge in [0.05, 0.1) is 15.6 Å². The third kappa shape index (κ3) is 8.71. The zero-order valence-corrected chi connectivity index (χ0v) is 27.9. The van der Waals surface area contributed by atoms with Crippen molar-refractivity contribution in [3.05, 3.63) is 130 Å². The van der Waals surface area contributed by atoms with Crippen LogP contribution in [0.5, 0.6) is 0 Å². The fourth-order valence-corrected chi connectivity index (χ4v) is 6.91. The summed E-state index contributed by atoms with van der Waals surface area (Å²) in [5.74, 6) is -0.908. The highest BCUT2D eigenvalue weighted by Gasteiger charge is 2.36. The molecule has 0 aliphatic carbocycles. The van der Waals surface area contributed by atoms with Gasteiger partial charge in [-0.05, 0) is 68.3 Å². The predicted octanol–water partition coefficient (Wildman–Crippen LogP) is 6.85. The molecule has 2 amide bonds. The molecule has 10 heteroatoms. The molecule has 0 aliphatic heterocycles. The molecule has 230 valence electrons. The lowest BCUT2D eigenvalue weighted by Crippen LogP contribution is -2.56. The lowest BCUT2D eigenvalue weighted by molar-refractivity contribution is -0.140. The van der Waals surface area contributed by atoms with Crippen LogP contribution < -0.4 is 9.62 Å². The first kappa shape index (κ1) is 33.2. The van der Waals surface area contributed by atoms with Crippen LogP contribution in [0.25, 0.3) is 0 Å². The third-order valence-electron chi connectivity index (χ3n) is 6.74. The van der Waals surface area contributed by atoms with Crippen molar-refractivity contribution in [2.24, 2.45) is 0 Å². The summed E-state index contributed by atoms with van der Waals surface area (Å²) in [5, 5.41) is 3.20. The molecule has 4 rings (SSSR count). The average molecular weight is 697 g/mol. The Hall–Kier alpha value is -3.66. The monoisotopic (exact) mass is 695 g/mol. The highest BCUT2D eigenvalue weighted by atomic mass is 79.9. The number of anilines is 1. The van der Waals surface area contributed by atoms with E-state index >= 15 is 0 Å². The van der Waals surface area contributed by atoms with Crippen LogP contribution in [0.1, 0.15) is 31.9 Å². The minimum Gasteiger partial charge on any atom is -0.350 e. The molecule has 7 nitrogen and oxygen atoms in total. The number of nitrogens with one attached hydrogen (secondary N) is 1. The number of sulfonamides is 1. The molecule has 0 saturated carbocycles. The Morgan fingerprint density at radius 1 is 0.841 bits per heavy atom. The fraction of sp³-hybridized carbons (Fsp3) is 0.235. The largest absolute Gasteiger partial charge is 0.350 e. The molecule has 1 N–H and O–H groups in total. The maximum Gasteiger partial charge on any atom is 0.264 e. The van der Waals surface area contributed by atoms with Gasteiger partial charge < -0.3 is 10.2 Å². The summed E-state index contributed by atoms with van der Waals surface area (Å²) in [6.07, 6.45) is 0.222. The highest BCUT2D eigenvalue weighted by Crippen LogP contribution is 2.31. The van der Waals surface area contributed by atoms with Crippen LogP contribution in [0.4, 0.5) is 5.69 Å². The van der Waals surface area contributed by atoms with Gasteiger partial charge in [0.1, 0.15) is 12.6 Å². The molecule has 0 radical (unpaired) electrons. The number of rotatable bonds is 11. The van der Waals surface area contributed by atoms with Gasteiger partial charge in [0.15, 0.2) is 0 Å². The van der Waals surface area contributed by atoms with Crippen LogP contribution in [-0.4, -0.2) is 43.3 Å². The summed E-state index contributed by atoms with van der Waals surface area (Å²) in [5.41, 5.74) is 1.21. The second-order valence-electron chi connectivity index (χ2n) is 11.4. The van der Waals surface area contributed by atoms with Gasteiger partial charge in [0.2, 0.25) is 11.8 Å². The van der Waals surface area contributed by atoms with E-state index in [2.05, 4.69) is 21.2 Å². The lowest BCUT2D eigenvalue weighted by Gasteiger charge is -2.35. The molecule has 4 aromatic rings. The topological polar surface area (TPSA) is 86.8 Å². The second kappa shape index (κ2) is 14.4. The van der Waals surface area contributed by atoms with Gasteiger partial charge in [0.25, 0.3) is 10.0 Å². The van der Waals surface area contributed by atoms with E-state index in [0.29, 0.717) is 0 Å². The van der Waals surface area contributed by atoms with Crippen molar-refractivity contribution in [3.8, 4) is 0 Å². The zero-order valence-electron chi connectivity index (χ0n) is 24.8. The van der Waals surface area contributed by atoms with Crippen LogP contribution >= 0.6 is 27.5 Å². The van der Waals surface area contributed by atoms with Gasteiger partial charge in [-0.15, -0.1) is 0 Å². The Labute approximate surface area is 273 Å². The standard InChI is InChI=1S/C34H35BrClN3O4S/c1-34(2,3)37-33(41)31(22-25-13-6-4-7-14-25)38(23-26-15-12-16-27(35)21-26)32(40)24-39(30-20-11-10-19-29(30)36)44(42,43)28-17-8-5-9-18-28/h4-21,31H,22-24H2,1-3H3,(H,37,41)/t31-/m0/s1. The van der Waals surface area contributed by atoms with Gasteiger partial charge in [-0.25, -0.2) is 8.42 Å². The van der Waals surface area contributed by atoms with Crippen molar-refractivity contribution >= 4 is 55.1 Å². The van der Waals surface area contributed by atoms with Crippen LogP contribution in [0.2, 0.25) is 5.02 Å². The molecule has 0 bridgehead atoms. The minimum absolute atomic E-state index is 0.0116. The number of carbonyl (C=O) groups is 2. The Morgan fingerprint density at radius 3 is 2.05 bits per heavy atom. The summed E-state index contributed by atoms with van der Waals surface area (Å²) in [4.78, 5) is 29.9. The molecule has 0 aliphatic rings. The normalized spacial score (nSPS) is 12.3. The Morgan fingerprint density at radius 2 is 1.43 bits per heavy atom. The molecule has 1 atom stereocenters. The van der Waals surface area contributed by atoms with Crippen molar-refractivity contribution in [2.75, 3.05) is 10.8 Å². The van der Waals surface area contributed by atoms with Crippen molar-refractivity contribution in [3.63, 3.8) is 0 Å². The van der Waals surface area contributed by atoms with Crippen molar-refractivity contribution in [2.45, 2.75) is 50.2 Å². The van der Waals surface area contributed by atoms with E-state index in [9.17, 15) is 18.0 Å². The average Bonchev–Trinajstić information content (AvgIpc) is 2.98. The molecule has 44 heavy (non-hydrogen) atoms. The first-order valence-electron chi connectivity index (χ1n) is 14.1. The smallest absolute Gasteiger partial charge is 0.264 e. The van der Waals surface area contributed by atoms with Gasteiger partial charge in [-0.2, -0.15) is 0 Å². The summed E-state index contributed by atoms with van der Waals surface area (Å²) >= 11 is 10.0. The molecular weight excluding hydrogens is 662 g/mol. The maximum absolute atomic E-state index is 14.5. The number of nitrogens with zero attached hydrogens (tertiary/aromatic N) is 2. The van der Waals surface area contributed by atoms with Crippen LogP contribution in [0.15, 0.2) is 119 Å². The summed E-state index contributed by atoms with van der Waals surface area (Å²) in [7, 11) is -4.23. The molecule has 0 saturated heterocycles. The van der Waals surface area contributed by atoms with Gasteiger partial charge >= 0.3 is 0 Å². The van der Waals surface area contributed by atoms with Gasteiger partial charge in [0, 0.05) is 23.0 Å². The van der Waals surface area contributed by atoms with E-state index in [1.54, 1.807) is 42.5 Å². The number of carbonyl (C=O) groups excluding carboxylic acids is 2. The number of benzene rings is 4. The zero-order chi connectivity index (χ0) is 31.9. The summed E-state index contributed by atoms with van der Waals surface area (Å²) in [6.45, 7) is 5.10.